The molecule has 2 heteroatoms. The van der Waals surface area contributed by atoms with E-state index in [2.05, 4.69) is 37.2 Å². The lowest BCUT2D eigenvalue weighted by molar-refractivity contribution is 0.323. The maximum Gasteiger partial charge on any atom is 0.111 e. The number of aromatic nitrogens is 2. The Labute approximate surface area is 74.6 Å². The summed E-state index contributed by atoms with van der Waals surface area (Å²) in [6.07, 6.45) is 3.86. The average Bonchev–Trinajstić information content (AvgIpc) is 2.31. The molecule has 0 saturated carbocycles. The first-order valence-electron chi connectivity index (χ1n) is 4.40. The fourth-order valence-corrected chi connectivity index (χ4v) is 1.18. The Hall–Kier alpha value is -0.790. The lowest BCUT2D eigenvalue weighted by Crippen LogP contribution is -2.18. The minimum atomic E-state index is 0.291. The summed E-state index contributed by atoms with van der Waals surface area (Å²) in [6, 6.07) is 0. The Kier molecular flexibility index (Phi) is 2.27. The van der Waals surface area contributed by atoms with Crippen LogP contribution in [0.25, 0.3) is 0 Å². The predicted molar refractivity (Wildman–Crippen MR) is 51.1 cm³/mol. The molecule has 0 fully saturated rings. The van der Waals surface area contributed by atoms with E-state index in [1.54, 1.807) is 0 Å². The summed E-state index contributed by atoms with van der Waals surface area (Å²) in [4.78, 5) is 4.35. The molecule has 0 N–H and O–H groups in total. The van der Waals surface area contributed by atoms with Crippen molar-refractivity contribution in [2.24, 2.45) is 12.5 Å². The molecule has 0 aliphatic rings. The van der Waals surface area contributed by atoms with Crippen LogP contribution >= 0.6 is 0 Å². The second-order valence-electron chi connectivity index (χ2n) is 4.48. The van der Waals surface area contributed by atoms with Crippen molar-refractivity contribution < 1.29 is 0 Å². The van der Waals surface area contributed by atoms with Crippen LogP contribution in [0.2, 0.25) is 0 Å². The van der Waals surface area contributed by atoms with Crippen LogP contribution in [-0.2, 0) is 7.05 Å². The van der Waals surface area contributed by atoms with Crippen LogP contribution in [0.4, 0.5) is 0 Å². The molecule has 1 atom stereocenters. The van der Waals surface area contributed by atoms with Gasteiger partial charge in [-0.15, -0.1) is 0 Å². The number of aryl methyl sites for hydroxylation is 1. The second kappa shape index (κ2) is 2.92. The molecule has 1 heterocycles. The topological polar surface area (TPSA) is 17.8 Å². The number of nitrogens with zero attached hydrogens (tertiary/aromatic N) is 2. The number of rotatable bonds is 1. The van der Waals surface area contributed by atoms with Gasteiger partial charge in [0.05, 0.1) is 0 Å². The van der Waals surface area contributed by atoms with Gasteiger partial charge in [0.25, 0.3) is 0 Å². The van der Waals surface area contributed by atoms with Crippen molar-refractivity contribution in [2.45, 2.75) is 33.6 Å². The number of hydrogen-bond donors (Lipinski definition) is 0. The standard InChI is InChI=1S/C10H18N2/c1-8(10(2,3)4)9-11-6-7-12(9)5/h6-8H,1-5H3/t8-/m0/s1. The third-order valence-corrected chi connectivity index (χ3v) is 2.54. The van der Waals surface area contributed by atoms with Gasteiger partial charge in [-0.3, -0.25) is 0 Å². The van der Waals surface area contributed by atoms with Crippen LogP contribution in [0.5, 0.6) is 0 Å². The van der Waals surface area contributed by atoms with Crippen LogP contribution < -0.4 is 0 Å². The van der Waals surface area contributed by atoms with Gasteiger partial charge in [0.15, 0.2) is 0 Å². The highest BCUT2D eigenvalue weighted by atomic mass is 15.0. The molecule has 0 unspecified atom stereocenters. The SMILES string of the molecule is C[C@@H](c1nccn1C)C(C)(C)C. The van der Waals surface area contributed by atoms with Crippen molar-refractivity contribution in [1.82, 2.24) is 9.55 Å². The van der Waals surface area contributed by atoms with Crippen LogP contribution in [0.15, 0.2) is 12.4 Å². The number of imidazole rings is 1. The first-order chi connectivity index (χ1) is 5.43. The summed E-state index contributed by atoms with van der Waals surface area (Å²) in [7, 11) is 2.05. The van der Waals surface area contributed by atoms with Crippen molar-refractivity contribution in [3.63, 3.8) is 0 Å². The maximum atomic E-state index is 4.35. The third kappa shape index (κ3) is 1.68. The Balaban J connectivity index is 2.92. The molecule has 0 aromatic carbocycles. The summed E-state index contributed by atoms with van der Waals surface area (Å²) in [5.41, 5.74) is 0.291. The minimum absolute atomic E-state index is 0.291. The van der Waals surface area contributed by atoms with Gasteiger partial charge in [-0.2, -0.15) is 0 Å². The highest BCUT2D eigenvalue weighted by molar-refractivity contribution is 5.02. The Bertz CT molecular complexity index is 255. The van der Waals surface area contributed by atoms with Gasteiger partial charge in [-0.1, -0.05) is 27.7 Å². The van der Waals surface area contributed by atoms with Gasteiger partial charge in [-0.25, -0.2) is 4.98 Å². The lowest BCUT2D eigenvalue weighted by atomic mass is 9.81. The highest BCUT2D eigenvalue weighted by Crippen LogP contribution is 2.32. The summed E-state index contributed by atoms with van der Waals surface area (Å²) in [5.74, 6) is 1.67. The zero-order valence-electron chi connectivity index (χ0n) is 8.63. The fourth-order valence-electron chi connectivity index (χ4n) is 1.18. The predicted octanol–water partition coefficient (Wildman–Crippen LogP) is 2.57. The van der Waals surface area contributed by atoms with Gasteiger partial charge >= 0.3 is 0 Å². The zero-order valence-corrected chi connectivity index (χ0v) is 8.63. The molecular weight excluding hydrogens is 148 g/mol. The molecule has 12 heavy (non-hydrogen) atoms. The highest BCUT2D eigenvalue weighted by Gasteiger charge is 2.24. The van der Waals surface area contributed by atoms with Crippen molar-refractivity contribution in [1.29, 1.82) is 0 Å². The molecule has 0 aliphatic carbocycles. The quantitative estimate of drug-likeness (QED) is 0.627. The van der Waals surface area contributed by atoms with Gasteiger partial charge in [0.2, 0.25) is 0 Å². The summed E-state index contributed by atoms with van der Waals surface area (Å²) < 4.78 is 2.09. The molecule has 0 bridgehead atoms. The Morgan fingerprint density at radius 3 is 2.33 bits per heavy atom. The van der Waals surface area contributed by atoms with Crippen LogP contribution in [0.1, 0.15) is 39.4 Å². The van der Waals surface area contributed by atoms with Crippen molar-refractivity contribution in [3.05, 3.63) is 18.2 Å². The van der Waals surface area contributed by atoms with E-state index in [0.717, 1.165) is 0 Å². The monoisotopic (exact) mass is 166 g/mol. The van der Waals surface area contributed by atoms with Gasteiger partial charge in [0.1, 0.15) is 5.82 Å². The molecule has 2 nitrogen and oxygen atoms in total. The molecule has 0 aliphatic heterocycles. The van der Waals surface area contributed by atoms with Crippen LogP contribution in [-0.4, -0.2) is 9.55 Å². The van der Waals surface area contributed by atoms with E-state index in [9.17, 15) is 0 Å². The second-order valence-corrected chi connectivity index (χ2v) is 4.48. The molecule has 68 valence electrons. The number of hydrogen-bond acceptors (Lipinski definition) is 1. The Morgan fingerprint density at radius 2 is 2.00 bits per heavy atom. The van der Waals surface area contributed by atoms with Crippen molar-refractivity contribution in [3.8, 4) is 0 Å². The first kappa shape index (κ1) is 9.30. The molecule has 1 rings (SSSR count). The van der Waals surface area contributed by atoms with Gasteiger partial charge in [0, 0.05) is 25.4 Å². The molecule has 1 aromatic heterocycles. The third-order valence-electron chi connectivity index (χ3n) is 2.54. The van der Waals surface area contributed by atoms with Crippen molar-refractivity contribution >= 4 is 0 Å². The molecule has 0 radical (unpaired) electrons. The van der Waals surface area contributed by atoms with E-state index in [1.807, 2.05) is 19.4 Å². The smallest absolute Gasteiger partial charge is 0.111 e. The van der Waals surface area contributed by atoms with E-state index in [-0.39, 0.29) is 0 Å². The van der Waals surface area contributed by atoms with E-state index in [4.69, 9.17) is 0 Å². The minimum Gasteiger partial charge on any atom is -0.338 e. The molecule has 0 saturated heterocycles. The summed E-state index contributed by atoms with van der Waals surface area (Å²) in [5, 5.41) is 0. The summed E-state index contributed by atoms with van der Waals surface area (Å²) >= 11 is 0. The fraction of sp³-hybridized carbons (Fsp3) is 0.700. The van der Waals surface area contributed by atoms with Crippen LogP contribution in [0, 0.1) is 5.41 Å². The normalized spacial score (nSPS) is 14.8. The van der Waals surface area contributed by atoms with E-state index in [1.165, 1.54) is 5.82 Å². The van der Waals surface area contributed by atoms with Gasteiger partial charge < -0.3 is 4.57 Å². The largest absolute Gasteiger partial charge is 0.338 e. The summed E-state index contributed by atoms with van der Waals surface area (Å²) in [6.45, 7) is 8.95. The zero-order chi connectivity index (χ0) is 9.35. The molecular formula is C10H18N2. The van der Waals surface area contributed by atoms with Crippen molar-refractivity contribution in [2.75, 3.05) is 0 Å². The molecule has 0 spiro atoms. The van der Waals surface area contributed by atoms with Crippen LogP contribution in [0.3, 0.4) is 0 Å². The lowest BCUT2D eigenvalue weighted by Gasteiger charge is -2.26. The molecule has 0 amide bonds. The van der Waals surface area contributed by atoms with E-state index >= 15 is 0 Å². The van der Waals surface area contributed by atoms with E-state index in [0.29, 0.717) is 11.3 Å². The average molecular weight is 166 g/mol. The molecule has 1 aromatic rings. The van der Waals surface area contributed by atoms with Gasteiger partial charge in [-0.05, 0) is 5.41 Å². The Morgan fingerprint density at radius 1 is 1.42 bits per heavy atom. The maximum absolute atomic E-state index is 4.35. The first-order valence-corrected chi connectivity index (χ1v) is 4.40. The van der Waals surface area contributed by atoms with E-state index < -0.39 is 0 Å².